The largest absolute Gasteiger partial charge is 0.393 e. The number of hydrogen-bond donors (Lipinski definition) is 1. The molecule has 0 aromatic rings. The zero-order chi connectivity index (χ0) is 22.4. The van der Waals surface area contributed by atoms with Crippen LogP contribution in [0.2, 0.25) is 0 Å². The van der Waals surface area contributed by atoms with Crippen molar-refractivity contribution in [2.75, 3.05) is 0 Å². The fourth-order valence-corrected chi connectivity index (χ4v) is 11.1. The Bertz CT molecular complexity index is 760. The van der Waals surface area contributed by atoms with E-state index in [0.29, 0.717) is 21.7 Å². The first-order valence-corrected chi connectivity index (χ1v) is 13.8. The minimum atomic E-state index is -0.0840. The Morgan fingerprint density at radius 2 is 1.55 bits per heavy atom. The minimum Gasteiger partial charge on any atom is -0.393 e. The molecule has 0 aromatic carbocycles. The molecule has 1 N–H and O–H groups in total. The maximum absolute atomic E-state index is 10.8. The highest BCUT2D eigenvalue weighted by molar-refractivity contribution is 5.30. The Morgan fingerprint density at radius 3 is 2.26 bits per heavy atom. The summed E-state index contributed by atoms with van der Waals surface area (Å²) < 4.78 is 0. The molecule has 0 saturated heterocycles. The molecule has 1 heteroatoms. The lowest BCUT2D eigenvalue weighted by molar-refractivity contribution is -0.161. The monoisotopic (exact) mass is 426 g/mol. The van der Waals surface area contributed by atoms with Crippen LogP contribution in [-0.4, -0.2) is 11.2 Å². The van der Waals surface area contributed by atoms with E-state index in [-0.39, 0.29) is 11.5 Å². The summed E-state index contributed by atoms with van der Waals surface area (Å²) >= 11 is 0. The van der Waals surface area contributed by atoms with Gasteiger partial charge in [-0.2, -0.15) is 0 Å². The molecular formula is C30H50O. The molecule has 1 nitrogen and oxygen atoms in total. The van der Waals surface area contributed by atoms with Crippen molar-refractivity contribution < 1.29 is 5.11 Å². The predicted molar refractivity (Wildman–Crippen MR) is 131 cm³/mol. The van der Waals surface area contributed by atoms with E-state index in [1.807, 2.05) is 0 Å². The van der Waals surface area contributed by atoms with Gasteiger partial charge in [0.1, 0.15) is 0 Å². The summed E-state index contributed by atoms with van der Waals surface area (Å²) in [6.45, 7) is 17.3. The SMILES string of the molecule is CC(C)=CCC[C@H](C)[C@H]1CC[C@]2(C)[C@H]3CC[C@@H]4C(C)(C)[C@@H](O)CC[C@@]45C[C@@]35CC[C@]12C. The van der Waals surface area contributed by atoms with Crippen LogP contribution in [0.25, 0.3) is 0 Å². The molecule has 2 spiro atoms. The van der Waals surface area contributed by atoms with Crippen molar-refractivity contribution in [3.05, 3.63) is 11.6 Å². The van der Waals surface area contributed by atoms with Gasteiger partial charge in [-0.25, -0.2) is 0 Å². The highest BCUT2D eigenvalue weighted by Gasteiger charge is 2.82. The summed E-state index contributed by atoms with van der Waals surface area (Å²) in [5.74, 6) is 3.46. The van der Waals surface area contributed by atoms with Gasteiger partial charge in [0, 0.05) is 0 Å². The molecule has 0 bridgehead atoms. The summed E-state index contributed by atoms with van der Waals surface area (Å²) in [6.07, 6.45) is 17.6. The Morgan fingerprint density at radius 1 is 0.871 bits per heavy atom. The molecule has 0 heterocycles. The third-order valence-corrected chi connectivity index (χ3v) is 13.0. The number of aliphatic hydroxyl groups excluding tert-OH is 1. The molecule has 5 fully saturated rings. The van der Waals surface area contributed by atoms with E-state index in [9.17, 15) is 5.11 Å². The Labute approximate surface area is 192 Å². The highest BCUT2D eigenvalue weighted by atomic mass is 16.3. The molecule has 0 radical (unpaired) electrons. The lowest BCUT2D eigenvalue weighted by atomic mass is 9.41. The van der Waals surface area contributed by atoms with Crippen molar-refractivity contribution in [1.29, 1.82) is 0 Å². The van der Waals surface area contributed by atoms with Gasteiger partial charge in [0.05, 0.1) is 6.10 Å². The Kier molecular flexibility index (Phi) is 4.98. The number of fused-ring (bicyclic) bond motifs is 2. The molecule has 31 heavy (non-hydrogen) atoms. The number of aliphatic hydroxyl groups is 1. The van der Waals surface area contributed by atoms with Gasteiger partial charge >= 0.3 is 0 Å². The van der Waals surface area contributed by atoms with E-state index in [4.69, 9.17) is 0 Å². The van der Waals surface area contributed by atoms with Gasteiger partial charge in [-0.3, -0.25) is 0 Å². The standard InChI is InChI=1S/C30H50O/c1-20(2)9-8-10-21(3)22-13-15-28(7)24-12-11-23-26(4,5)25(31)14-16-29(23)19-30(24,29)18-17-27(22,28)6/h9,21-25,31H,8,10-19H2,1-7H3/t21-,22+,23+,24+,25-,27+,28+,29+,30-/m0/s1. The van der Waals surface area contributed by atoms with Crippen molar-refractivity contribution in [2.45, 2.75) is 125 Å². The smallest absolute Gasteiger partial charge is 0.0594 e. The fourth-order valence-electron chi connectivity index (χ4n) is 11.1. The average Bonchev–Trinajstić information content (AvgIpc) is 3.27. The van der Waals surface area contributed by atoms with Gasteiger partial charge in [-0.1, -0.05) is 46.3 Å². The summed E-state index contributed by atoms with van der Waals surface area (Å²) in [6, 6.07) is 0. The summed E-state index contributed by atoms with van der Waals surface area (Å²) in [7, 11) is 0. The molecule has 0 unspecified atom stereocenters. The van der Waals surface area contributed by atoms with Crippen LogP contribution in [0.5, 0.6) is 0 Å². The lowest BCUT2D eigenvalue weighted by Crippen LogP contribution is -2.57. The third-order valence-electron chi connectivity index (χ3n) is 13.0. The molecular weight excluding hydrogens is 376 g/mol. The van der Waals surface area contributed by atoms with Crippen LogP contribution in [0.1, 0.15) is 119 Å². The van der Waals surface area contributed by atoms with Crippen LogP contribution in [0.4, 0.5) is 0 Å². The molecule has 5 aliphatic rings. The molecule has 9 atom stereocenters. The van der Waals surface area contributed by atoms with Crippen LogP contribution in [-0.2, 0) is 0 Å². The zero-order valence-electron chi connectivity index (χ0n) is 21.7. The Hall–Kier alpha value is -0.300. The van der Waals surface area contributed by atoms with Crippen LogP contribution < -0.4 is 0 Å². The van der Waals surface area contributed by atoms with E-state index >= 15 is 0 Å². The fraction of sp³-hybridized carbons (Fsp3) is 0.933. The molecule has 5 aliphatic carbocycles. The van der Waals surface area contributed by atoms with Crippen molar-refractivity contribution in [1.82, 2.24) is 0 Å². The molecule has 0 aromatic heterocycles. The Balaban J connectivity index is 1.41. The quantitative estimate of drug-likeness (QED) is 0.449. The minimum absolute atomic E-state index is 0.0840. The maximum atomic E-state index is 10.8. The molecule has 5 rings (SSSR count). The van der Waals surface area contributed by atoms with Gasteiger partial charge < -0.3 is 5.11 Å². The van der Waals surface area contributed by atoms with Crippen molar-refractivity contribution in [3.63, 3.8) is 0 Å². The van der Waals surface area contributed by atoms with E-state index in [0.717, 1.165) is 30.1 Å². The zero-order valence-corrected chi connectivity index (χ0v) is 21.7. The third kappa shape index (κ3) is 2.71. The first kappa shape index (κ1) is 22.5. The molecule has 176 valence electrons. The van der Waals surface area contributed by atoms with Gasteiger partial charge in [0.15, 0.2) is 0 Å². The van der Waals surface area contributed by atoms with Crippen LogP contribution >= 0.6 is 0 Å². The van der Waals surface area contributed by atoms with Gasteiger partial charge in [-0.15, -0.1) is 0 Å². The summed E-state index contributed by atoms with van der Waals surface area (Å²) in [4.78, 5) is 0. The number of rotatable bonds is 4. The van der Waals surface area contributed by atoms with E-state index in [1.54, 1.807) is 0 Å². The second-order valence-corrected chi connectivity index (χ2v) is 14.4. The molecule has 0 aliphatic heterocycles. The number of hydrogen-bond acceptors (Lipinski definition) is 1. The predicted octanol–water partition coefficient (Wildman–Crippen LogP) is 8.17. The maximum Gasteiger partial charge on any atom is 0.0594 e. The first-order valence-electron chi connectivity index (χ1n) is 13.8. The van der Waals surface area contributed by atoms with E-state index in [2.05, 4.69) is 54.5 Å². The highest BCUT2D eigenvalue weighted by Crippen LogP contribution is 2.89. The van der Waals surface area contributed by atoms with Gasteiger partial charge in [-0.05, 0) is 135 Å². The summed E-state index contributed by atoms with van der Waals surface area (Å²) in [5.41, 5.74) is 3.87. The number of allylic oxidation sites excluding steroid dienone is 2. The van der Waals surface area contributed by atoms with Crippen LogP contribution in [0, 0.1) is 50.7 Å². The molecule has 0 amide bonds. The normalized spacial score (nSPS) is 52.9. The van der Waals surface area contributed by atoms with Gasteiger partial charge in [0.2, 0.25) is 0 Å². The van der Waals surface area contributed by atoms with E-state index < -0.39 is 0 Å². The van der Waals surface area contributed by atoms with Crippen LogP contribution in [0.15, 0.2) is 11.6 Å². The van der Waals surface area contributed by atoms with E-state index in [1.165, 1.54) is 69.8 Å². The average molecular weight is 427 g/mol. The van der Waals surface area contributed by atoms with Gasteiger partial charge in [0.25, 0.3) is 0 Å². The molecule has 5 saturated carbocycles. The second kappa shape index (κ2) is 6.86. The van der Waals surface area contributed by atoms with Crippen molar-refractivity contribution >= 4 is 0 Å². The summed E-state index contributed by atoms with van der Waals surface area (Å²) in [5, 5.41) is 10.8. The lowest BCUT2D eigenvalue weighted by Gasteiger charge is -2.63. The van der Waals surface area contributed by atoms with Crippen molar-refractivity contribution in [2.24, 2.45) is 50.7 Å². The first-order chi connectivity index (χ1) is 14.4. The van der Waals surface area contributed by atoms with Crippen LogP contribution in [0.3, 0.4) is 0 Å². The van der Waals surface area contributed by atoms with Crippen molar-refractivity contribution in [3.8, 4) is 0 Å². The second-order valence-electron chi connectivity index (χ2n) is 14.4. The topological polar surface area (TPSA) is 20.2 Å².